The van der Waals surface area contributed by atoms with E-state index in [4.69, 9.17) is 9.98 Å². The summed E-state index contributed by atoms with van der Waals surface area (Å²) in [7, 11) is -17.2. The van der Waals surface area contributed by atoms with Gasteiger partial charge >= 0.3 is 0 Å². The minimum absolute atomic E-state index is 0.0194. The maximum Gasteiger partial charge on any atom is 0.243 e. The van der Waals surface area contributed by atoms with Crippen molar-refractivity contribution in [2.45, 2.75) is 73.2 Å². The highest BCUT2D eigenvalue weighted by Gasteiger charge is 2.33. The van der Waals surface area contributed by atoms with Gasteiger partial charge < -0.3 is 10.6 Å². The van der Waals surface area contributed by atoms with Gasteiger partial charge in [-0.25, -0.2) is 33.7 Å². The van der Waals surface area contributed by atoms with Crippen molar-refractivity contribution in [3.05, 3.63) is 161 Å². The summed E-state index contributed by atoms with van der Waals surface area (Å²) in [6.07, 6.45) is 2.29. The highest BCUT2D eigenvalue weighted by atomic mass is 32.2. The first-order valence-corrected chi connectivity index (χ1v) is 28.9. The number of nitrogens with one attached hydrogen (secondary N) is 2. The van der Waals surface area contributed by atoms with E-state index >= 15 is 0 Å². The third-order valence-electron chi connectivity index (χ3n) is 12.0. The monoisotopic (exact) mass is 1060 g/mol. The van der Waals surface area contributed by atoms with Crippen LogP contribution in [0.3, 0.4) is 0 Å². The molecule has 2 aliphatic heterocycles. The smallest absolute Gasteiger partial charge is 0.243 e. The molecular formula is C50H58N8O10S4. The van der Waals surface area contributed by atoms with Crippen LogP contribution in [-0.2, 0) is 62.8 Å². The second-order valence-electron chi connectivity index (χ2n) is 17.7. The van der Waals surface area contributed by atoms with Gasteiger partial charge in [-0.05, 0) is 101 Å². The van der Waals surface area contributed by atoms with E-state index in [9.17, 15) is 43.3 Å². The van der Waals surface area contributed by atoms with Gasteiger partial charge in [0.2, 0.25) is 51.9 Å². The number of fused-ring (bicyclic) bond motifs is 3. The van der Waals surface area contributed by atoms with Crippen molar-refractivity contribution in [1.29, 1.82) is 0 Å². The van der Waals surface area contributed by atoms with Crippen molar-refractivity contribution >= 4 is 57.6 Å². The Labute approximate surface area is 422 Å². The number of hydrogen-bond acceptors (Lipinski definition) is 12. The third kappa shape index (κ3) is 13.3. The maximum absolute atomic E-state index is 14.3. The SMILES string of the molecule is Cc1ccc(S(=O)(=O)N2CC(=O)NCCN(S(=O)(=O)c3ccc(C)cc3)Cc3cccc(n3)CN(S(=O)(=O)c3ccc(C)cc3)CCNC(=O)CN(S(=O)(=O)c3ccc(C)cc3)CC3=NC(=CCC3)C2)cc1. The fourth-order valence-electron chi connectivity index (χ4n) is 7.90. The summed E-state index contributed by atoms with van der Waals surface area (Å²) in [5.74, 6) is -1.49. The Balaban J connectivity index is 1.27. The van der Waals surface area contributed by atoms with Gasteiger partial charge in [-0.1, -0.05) is 82.9 Å². The molecule has 0 atom stereocenters. The number of aliphatic imine (C=N–C) groups is 1. The van der Waals surface area contributed by atoms with E-state index in [1.165, 1.54) is 48.5 Å². The summed E-state index contributed by atoms with van der Waals surface area (Å²) in [6.45, 7) is 3.49. The molecule has 2 N–H and O–H groups in total. The molecule has 4 bridgehead atoms. The molecule has 0 saturated heterocycles. The van der Waals surface area contributed by atoms with E-state index in [2.05, 4.69) is 10.6 Å². The number of aryl methyl sites for hydroxylation is 4. The molecule has 18 nitrogen and oxygen atoms in total. The number of sulfonamides is 4. The second-order valence-corrected chi connectivity index (χ2v) is 25.5. The average molecular weight is 1060 g/mol. The van der Waals surface area contributed by atoms with Crippen molar-refractivity contribution < 1.29 is 43.3 Å². The Bertz CT molecular complexity index is 3300. The van der Waals surface area contributed by atoms with Gasteiger partial charge in [-0.15, -0.1) is 0 Å². The minimum atomic E-state index is -4.37. The molecule has 0 saturated carbocycles. The molecule has 0 spiro atoms. The number of carbonyl (C=O) groups is 2. The van der Waals surface area contributed by atoms with Gasteiger partial charge in [0, 0.05) is 31.9 Å². The number of nitrogens with zero attached hydrogens (tertiary/aromatic N) is 6. The van der Waals surface area contributed by atoms with Crippen LogP contribution in [0.15, 0.2) is 152 Å². The van der Waals surface area contributed by atoms with Crippen LogP contribution in [-0.4, -0.2) is 126 Å². The lowest BCUT2D eigenvalue weighted by Gasteiger charge is -2.27. The van der Waals surface area contributed by atoms with Crippen molar-refractivity contribution in [3.63, 3.8) is 0 Å². The van der Waals surface area contributed by atoms with Crippen molar-refractivity contribution in [3.8, 4) is 0 Å². The number of benzene rings is 4. The Morgan fingerprint density at radius 1 is 0.431 bits per heavy atom. The molecule has 5 aromatic rings. The second kappa shape index (κ2) is 22.8. The zero-order valence-corrected chi connectivity index (χ0v) is 43.7. The van der Waals surface area contributed by atoms with Crippen molar-refractivity contribution in [1.82, 2.24) is 32.8 Å². The highest BCUT2D eigenvalue weighted by molar-refractivity contribution is 7.90. The predicted molar refractivity (Wildman–Crippen MR) is 272 cm³/mol. The molecule has 22 heteroatoms. The first-order valence-electron chi connectivity index (χ1n) is 23.1. The molecule has 72 heavy (non-hydrogen) atoms. The number of allylic oxidation sites excluding steroid dienone is 1. The van der Waals surface area contributed by atoms with Crippen LogP contribution < -0.4 is 10.6 Å². The Morgan fingerprint density at radius 2 is 0.778 bits per heavy atom. The van der Waals surface area contributed by atoms with Crippen molar-refractivity contribution in [2.24, 2.45) is 4.99 Å². The number of hydrogen-bond donors (Lipinski definition) is 2. The first kappa shape index (κ1) is 53.8. The quantitative estimate of drug-likeness (QED) is 0.221. The number of carbonyl (C=O) groups excluding carboxylic acids is 2. The first-order chi connectivity index (χ1) is 34.1. The predicted octanol–water partition coefficient (Wildman–Crippen LogP) is 4.44. The standard InChI is InChI=1S/C50H58N8O10S4/c1-37-11-19-45(20-12-37)69(61,62)55-29-27-51-49(59)35-57(71(65,66)47-23-15-39(3)16-24-47)33-43-9-6-10-44(54-43)34-58(72(67,68)48-25-17-40(4)18-26-48)36-50(60)52-28-30-56(32-42-8-5-7-41(31-55)53-42)70(63,64)46-21-13-38(2)14-22-46/h5,7-9,11-26H,6,10,27-36H2,1-4H3,(H,51,59)(H,52,60). The minimum Gasteiger partial charge on any atom is -0.354 e. The van der Waals surface area contributed by atoms with Crippen LogP contribution >= 0.6 is 0 Å². The molecule has 0 aliphatic carbocycles. The third-order valence-corrected chi connectivity index (χ3v) is 19.3. The van der Waals surface area contributed by atoms with E-state index in [-0.39, 0.29) is 88.9 Å². The molecular weight excluding hydrogens is 1000 g/mol. The highest BCUT2D eigenvalue weighted by Crippen LogP contribution is 2.25. The zero-order chi connectivity index (χ0) is 51.8. The maximum atomic E-state index is 14.3. The number of pyridine rings is 1. The summed E-state index contributed by atoms with van der Waals surface area (Å²) in [5.41, 5.74) is 4.31. The van der Waals surface area contributed by atoms with E-state index < -0.39 is 71.5 Å². The lowest BCUT2D eigenvalue weighted by molar-refractivity contribution is -0.122. The fourth-order valence-corrected chi connectivity index (χ4v) is 13.5. The summed E-state index contributed by atoms with van der Waals surface area (Å²) in [5, 5.41) is 5.40. The van der Waals surface area contributed by atoms with Gasteiger partial charge in [-0.2, -0.15) is 17.2 Å². The summed E-state index contributed by atoms with van der Waals surface area (Å²) < 4.78 is 119. The van der Waals surface area contributed by atoms with Crippen LogP contribution in [0.5, 0.6) is 0 Å². The molecule has 0 unspecified atom stereocenters. The molecule has 0 fully saturated rings. The number of amides is 2. The van der Waals surface area contributed by atoms with Crippen molar-refractivity contribution in [2.75, 3.05) is 52.4 Å². The van der Waals surface area contributed by atoms with Gasteiger partial charge in [-0.3, -0.25) is 19.6 Å². The molecule has 4 aromatic carbocycles. The van der Waals surface area contributed by atoms with Crippen LogP contribution in [0.1, 0.15) is 46.5 Å². The Hall–Kier alpha value is -5.98. The zero-order valence-electron chi connectivity index (χ0n) is 40.4. The van der Waals surface area contributed by atoms with E-state index in [1.54, 1.807) is 86.7 Å². The molecule has 1 aromatic heterocycles. The van der Waals surface area contributed by atoms with Gasteiger partial charge in [0.25, 0.3) is 0 Å². The van der Waals surface area contributed by atoms with E-state index in [0.29, 0.717) is 12.1 Å². The molecule has 2 aliphatic rings. The van der Waals surface area contributed by atoms with Crippen LogP contribution in [0.4, 0.5) is 0 Å². The molecule has 382 valence electrons. The van der Waals surface area contributed by atoms with Crippen LogP contribution in [0, 0.1) is 27.7 Å². The lowest BCUT2D eigenvalue weighted by Crippen LogP contribution is -2.45. The summed E-state index contributed by atoms with van der Waals surface area (Å²) in [4.78, 5) is 36.9. The molecule has 0 radical (unpaired) electrons. The normalized spacial score (nSPS) is 17.7. The van der Waals surface area contributed by atoms with Crippen LogP contribution in [0.2, 0.25) is 0 Å². The summed E-state index contributed by atoms with van der Waals surface area (Å²) >= 11 is 0. The Kier molecular flexibility index (Phi) is 17.1. The molecule has 2 amide bonds. The lowest BCUT2D eigenvalue weighted by atomic mass is 10.1. The largest absolute Gasteiger partial charge is 0.354 e. The molecule has 3 heterocycles. The average Bonchev–Trinajstić information content (AvgIpc) is 3.33. The molecule has 7 rings (SSSR count). The fraction of sp³-hybridized carbons (Fsp3) is 0.320. The number of rotatable bonds is 8. The van der Waals surface area contributed by atoms with Gasteiger partial charge in [0.05, 0.1) is 75.9 Å². The topological polar surface area (TPSA) is 233 Å². The Morgan fingerprint density at radius 3 is 1.15 bits per heavy atom. The van der Waals surface area contributed by atoms with Gasteiger partial charge in [0.15, 0.2) is 0 Å². The number of aromatic nitrogens is 1. The van der Waals surface area contributed by atoms with Gasteiger partial charge in [0.1, 0.15) is 0 Å². The van der Waals surface area contributed by atoms with E-state index in [0.717, 1.165) is 39.5 Å². The van der Waals surface area contributed by atoms with Crippen LogP contribution in [0.25, 0.3) is 0 Å². The summed E-state index contributed by atoms with van der Waals surface area (Å²) in [6, 6.07) is 29.5. The van der Waals surface area contributed by atoms with E-state index in [1.807, 2.05) is 13.8 Å².